The predicted molar refractivity (Wildman–Crippen MR) is 156 cm³/mol. The Kier molecular flexibility index (Phi) is 10.8. The van der Waals surface area contributed by atoms with E-state index in [1.165, 1.54) is 23.1 Å². The second kappa shape index (κ2) is 13.9. The van der Waals surface area contributed by atoms with Crippen LogP contribution in [-0.2, 0) is 32.3 Å². The van der Waals surface area contributed by atoms with E-state index in [-0.39, 0.29) is 29.5 Å². The van der Waals surface area contributed by atoms with E-state index in [1.54, 1.807) is 56.3 Å². The minimum absolute atomic E-state index is 0.00567. The maximum atomic E-state index is 14.0. The van der Waals surface area contributed by atoms with Crippen molar-refractivity contribution in [2.45, 2.75) is 57.8 Å². The number of rotatable bonds is 12. The summed E-state index contributed by atoms with van der Waals surface area (Å²) >= 11 is 0. The number of aryl methyl sites for hydroxylation is 1. The number of halogens is 3. The molecule has 0 unspecified atom stereocenters. The molecule has 1 N–H and O–H groups in total. The second-order valence-electron chi connectivity index (χ2n) is 10.4. The van der Waals surface area contributed by atoms with Crippen molar-refractivity contribution in [3.8, 4) is 0 Å². The molecule has 0 aliphatic heterocycles. The number of amides is 2. The Morgan fingerprint density at radius 1 is 0.929 bits per heavy atom. The largest absolute Gasteiger partial charge is 0.416 e. The lowest BCUT2D eigenvalue weighted by Gasteiger charge is -2.33. The van der Waals surface area contributed by atoms with E-state index in [9.17, 15) is 31.2 Å². The smallest absolute Gasteiger partial charge is 0.354 e. The summed E-state index contributed by atoms with van der Waals surface area (Å²) in [5, 5.41) is 2.84. The Morgan fingerprint density at radius 2 is 1.57 bits per heavy atom. The van der Waals surface area contributed by atoms with Crippen molar-refractivity contribution < 1.29 is 31.2 Å². The van der Waals surface area contributed by atoms with Crippen molar-refractivity contribution in [2.24, 2.45) is 5.92 Å². The molecule has 2 amide bonds. The molecule has 3 aromatic rings. The number of benzene rings is 3. The van der Waals surface area contributed by atoms with Crippen LogP contribution in [0.15, 0.2) is 83.8 Å². The van der Waals surface area contributed by atoms with E-state index in [0.29, 0.717) is 22.5 Å². The van der Waals surface area contributed by atoms with Gasteiger partial charge in [-0.3, -0.25) is 13.9 Å². The summed E-state index contributed by atoms with van der Waals surface area (Å²) in [4.78, 5) is 28.3. The minimum Gasteiger partial charge on any atom is -0.354 e. The molecule has 42 heavy (non-hydrogen) atoms. The van der Waals surface area contributed by atoms with E-state index in [4.69, 9.17) is 0 Å². The van der Waals surface area contributed by atoms with Gasteiger partial charge in [-0.05, 0) is 55.2 Å². The molecule has 0 aromatic heterocycles. The fourth-order valence-corrected chi connectivity index (χ4v) is 5.73. The van der Waals surface area contributed by atoms with Gasteiger partial charge in [0.2, 0.25) is 11.8 Å². The van der Waals surface area contributed by atoms with Gasteiger partial charge in [-0.25, -0.2) is 8.42 Å². The van der Waals surface area contributed by atoms with Crippen LogP contribution < -0.4 is 9.62 Å². The van der Waals surface area contributed by atoms with Crippen LogP contribution in [0.25, 0.3) is 0 Å². The Hall–Kier alpha value is -3.86. The number of carbonyl (C=O) groups is 2. The molecule has 3 aromatic carbocycles. The first-order valence-corrected chi connectivity index (χ1v) is 15.1. The van der Waals surface area contributed by atoms with Crippen molar-refractivity contribution >= 4 is 27.5 Å². The predicted octanol–water partition coefficient (Wildman–Crippen LogP) is 5.79. The second-order valence-corrected chi connectivity index (χ2v) is 12.3. The van der Waals surface area contributed by atoms with Crippen molar-refractivity contribution in [1.29, 1.82) is 0 Å². The number of alkyl halides is 3. The average Bonchev–Trinajstić information content (AvgIpc) is 2.94. The first-order valence-electron chi connectivity index (χ1n) is 13.6. The molecule has 7 nitrogen and oxygen atoms in total. The van der Waals surface area contributed by atoms with Crippen molar-refractivity contribution in [3.05, 3.63) is 95.6 Å². The molecule has 11 heteroatoms. The van der Waals surface area contributed by atoms with E-state index in [2.05, 4.69) is 5.32 Å². The van der Waals surface area contributed by atoms with Crippen LogP contribution in [0, 0.1) is 12.8 Å². The lowest BCUT2D eigenvalue weighted by molar-refractivity contribution is -0.140. The lowest BCUT2D eigenvalue weighted by Crippen LogP contribution is -2.52. The van der Waals surface area contributed by atoms with E-state index >= 15 is 0 Å². The number of hydrogen-bond donors (Lipinski definition) is 1. The summed E-state index contributed by atoms with van der Waals surface area (Å²) in [5.74, 6) is -0.984. The first-order chi connectivity index (χ1) is 19.7. The van der Waals surface area contributed by atoms with Crippen molar-refractivity contribution in [1.82, 2.24) is 10.2 Å². The third-order valence-electron chi connectivity index (χ3n) is 6.62. The number of anilines is 1. The summed E-state index contributed by atoms with van der Waals surface area (Å²) < 4.78 is 69.2. The molecule has 3 rings (SSSR count). The van der Waals surface area contributed by atoms with Crippen molar-refractivity contribution in [3.63, 3.8) is 0 Å². The van der Waals surface area contributed by atoms with Crippen molar-refractivity contribution in [2.75, 3.05) is 17.4 Å². The maximum absolute atomic E-state index is 14.0. The summed E-state index contributed by atoms with van der Waals surface area (Å²) in [7, 11) is -4.49. The van der Waals surface area contributed by atoms with Gasteiger partial charge in [0.15, 0.2) is 0 Å². The third-order valence-corrected chi connectivity index (χ3v) is 8.40. The van der Waals surface area contributed by atoms with Gasteiger partial charge >= 0.3 is 6.18 Å². The number of carbonyl (C=O) groups excluding carboxylic acids is 2. The fourth-order valence-electron chi connectivity index (χ4n) is 4.33. The fraction of sp³-hybridized carbons (Fsp3) is 0.355. The average molecular weight is 604 g/mol. The van der Waals surface area contributed by atoms with Gasteiger partial charge in [0.05, 0.1) is 16.1 Å². The zero-order valence-corrected chi connectivity index (χ0v) is 24.9. The molecule has 0 bridgehead atoms. The number of nitrogens with one attached hydrogen (secondary N) is 1. The minimum atomic E-state index is -4.74. The van der Waals surface area contributed by atoms with Crippen LogP contribution in [-0.4, -0.2) is 44.3 Å². The molecule has 0 aliphatic rings. The number of sulfonamides is 1. The van der Waals surface area contributed by atoms with E-state index in [0.717, 1.165) is 17.7 Å². The number of hydrogen-bond acceptors (Lipinski definition) is 4. The Morgan fingerprint density at radius 3 is 2.14 bits per heavy atom. The van der Waals surface area contributed by atoms with Gasteiger partial charge in [-0.2, -0.15) is 13.2 Å². The highest BCUT2D eigenvalue weighted by Gasteiger charge is 2.36. The molecule has 1 atom stereocenters. The molecule has 0 spiro atoms. The summed E-state index contributed by atoms with van der Waals surface area (Å²) in [6.45, 7) is 6.90. The summed E-state index contributed by atoms with van der Waals surface area (Å²) in [6, 6.07) is 17.6. The molecule has 0 aliphatic carbocycles. The molecule has 0 fully saturated rings. The van der Waals surface area contributed by atoms with Crippen LogP contribution >= 0.6 is 0 Å². The monoisotopic (exact) mass is 603 g/mol. The van der Waals surface area contributed by atoms with Crippen LogP contribution in [0.3, 0.4) is 0 Å². The zero-order valence-electron chi connectivity index (χ0n) is 24.1. The SMILES string of the molecule is CC[C@@H](C(=O)NCC(C)C)N(Cc1ccccc1)C(=O)CN(c1cccc(C(F)(F)F)c1)S(=O)(=O)c1ccc(C)cc1. The normalized spacial score (nSPS) is 12.6. The highest BCUT2D eigenvalue weighted by atomic mass is 32.2. The highest BCUT2D eigenvalue weighted by molar-refractivity contribution is 7.92. The van der Waals surface area contributed by atoms with E-state index < -0.39 is 46.2 Å². The standard InChI is InChI=1S/C31H36F3N3O4S/c1-5-28(30(39)35-19-22(2)3)36(20-24-10-7-6-8-11-24)29(38)21-37(26-13-9-12-25(18-26)31(32,33)34)42(40,41)27-16-14-23(4)15-17-27/h6-18,22,28H,5,19-21H2,1-4H3,(H,35,39)/t28-/m0/s1. The molecule has 0 heterocycles. The quantitative estimate of drug-likeness (QED) is 0.284. The van der Waals surface area contributed by atoms with Gasteiger partial charge in [0, 0.05) is 13.1 Å². The zero-order chi connectivity index (χ0) is 31.1. The van der Waals surface area contributed by atoms with Gasteiger partial charge in [0.1, 0.15) is 12.6 Å². The first kappa shape index (κ1) is 32.7. The van der Waals surface area contributed by atoms with Gasteiger partial charge < -0.3 is 10.2 Å². The van der Waals surface area contributed by atoms with Gasteiger partial charge in [-0.1, -0.05) is 74.9 Å². The maximum Gasteiger partial charge on any atom is 0.416 e. The van der Waals surface area contributed by atoms with Crippen LogP contribution in [0.2, 0.25) is 0 Å². The van der Waals surface area contributed by atoms with Gasteiger partial charge in [-0.15, -0.1) is 0 Å². The molecule has 0 radical (unpaired) electrons. The molecule has 0 saturated carbocycles. The van der Waals surface area contributed by atoms with Gasteiger partial charge in [0.25, 0.3) is 10.0 Å². The Bertz CT molecular complexity index is 1460. The van der Waals surface area contributed by atoms with Crippen LogP contribution in [0.1, 0.15) is 43.9 Å². The highest BCUT2D eigenvalue weighted by Crippen LogP contribution is 2.33. The third kappa shape index (κ3) is 8.34. The number of nitrogens with zero attached hydrogens (tertiary/aromatic N) is 2. The Balaban J connectivity index is 2.09. The molecule has 0 saturated heterocycles. The Labute approximate surface area is 245 Å². The molecular formula is C31H36F3N3O4S. The lowest BCUT2D eigenvalue weighted by atomic mass is 10.1. The summed E-state index contributed by atoms with van der Waals surface area (Å²) in [6.07, 6.45) is -4.50. The molecule has 226 valence electrons. The van der Waals surface area contributed by atoms with E-state index in [1.807, 2.05) is 13.8 Å². The van der Waals surface area contributed by atoms with Crippen LogP contribution in [0.5, 0.6) is 0 Å². The summed E-state index contributed by atoms with van der Waals surface area (Å²) in [5.41, 5.74) is 0.101. The molecular weight excluding hydrogens is 567 g/mol. The topological polar surface area (TPSA) is 86.8 Å². The van der Waals surface area contributed by atoms with Crippen LogP contribution in [0.4, 0.5) is 18.9 Å².